The molecule has 3 N–H and O–H groups in total. The normalized spacial score (nSPS) is 15.1. The molecule has 1 aliphatic rings. The molecule has 0 aliphatic carbocycles. The molecule has 1 aliphatic heterocycles. The molecule has 0 spiro atoms. The summed E-state index contributed by atoms with van der Waals surface area (Å²) in [6.07, 6.45) is 0. The van der Waals surface area contributed by atoms with Crippen molar-refractivity contribution in [2.75, 3.05) is 43.9 Å². The first-order chi connectivity index (χ1) is 9.52. The molecule has 1 aromatic rings. The van der Waals surface area contributed by atoms with Crippen LogP contribution in [0.15, 0.2) is 18.2 Å². The predicted octanol–water partition coefficient (Wildman–Crippen LogP) is 0.297. The van der Waals surface area contributed by atoms with E-state index < -0.39 is 0 Å². The van der Waals surface area contributed by atoms with E-state index in [-0.39, 0.29) is 11.8 Å². The summed E-state index contributed by atoms with van der Waals surface area (Å²) < 4.78 is 0. The van der Waals surface area contributed by atoms with E-state index in [1.54, 1.807) is 26.1 Å². The molecular formula is C14H20N4O2. The molecule has 2 amide bonds. The highest BCUT2D eigenvalue weighted by Crippen LogP contribution is 2.25. The molecule has 6 nitrogen and oxygen atoms in total. The van der Waals surface area contributed by atoms with Gasteiger partial charge in [-0.05, 0) is 18.2 Å². The molecule has 108 valence electrons. The molecule has 0 saturated carbocycles. The van der Waals surface area contributed by atoms with E-state index in [4.69, 9.17) is 5.73 Å². The van der Waals surface area contributed by atoms with Gasteiger partial charge in [0.05, 0.1) is 11.3 Å². The zero-order valence-electron chi connectivity index (χ0n) is 11.8. The van der Waals surface area contributed by atoms with Crippen LogP contribution in [0.3, 0.4) is 0 Å². The number of nitrogens with one attached hydrogen (secondary N) is 1. The summed E-state index contributed by atoms with van der Waals surface area (Å²) in [7, 11) is 1.61. The Hall–Kier alpha value is -2.24. The van der Waals surface area contributed by atoms with Crippen molar-refractivity contribution in [3.63, 3.8) is 0 Å². The lowest BCUT2D eigenvalue weighted by molar-refractivity contribution is -0.129. The lowest BCUT2D eigenvalue weighted by Crippen LogP contribution is -2.48. The van der Waals surface area contributed by atoms with E-state index >= 15 is 0 Å². The maximum absolute atomic E-state index is 11.9. The fourth-order valence-electron chi connectivity index (χ4n) is 2.40. The van der Waals surface area contributed by atoms with Crippen molar-refractivity contribution in [3.8, 4) is 0 Å². The number of amides is 2. The Bertz CT molecular complexity index is 522. The number of piperazine rings is 1. The molecule has 0 aromatic heterocycles. The van der Waals surface area contributed by atoms with Crippen LogP contribution in [0.5, 0.6) is 0 Å². The number of nitrogen functional groups attached to an aromatic ring is 1. The van der Waals surface area contributed by atoms with Crippen LogP contribution in [-0.2, 0) is 4.79 Å². The average molecular weight is 276 g/mol. The Morgan fingerprint density at radius 2 is 1.85 bits per heavy atom. The van der Waals surface area contributed by atoms with Crippen LogP contribution in [-0.4, -0.2) is 49.9 Å². The quantitative estimate of drug-likeness (QED) is 0.761. The monoisotopic (exact) mass is 276 g/mol. The smallest absolute Gasteiger partial charge is 0.253 e. The summed E-state index contributed by atoms with van der Waals surface area (Å²) in [5, 5.41) is 2.64. The molecule has 1 saturated heterocycles. The van der Waals surface area contributed by atoms with Crippen molar-refractivity contribution in [2.45, 2.75) is 6.92 Å². The lowest BCUT2D eigenvalue weighted by atomic mass is 10.1. The minimum absolute atomic E-state index is 0.0868. The van der Waals surface area contributed by atoms with Gasteiger partial charge in [0.1, 0.15) is 0 Å². The first-order valence-electron chi connectivity index (χ1n) is 6.65. The zero-order valence-corrected chi connectivity index (χ0v) is 11.8. The van der Waals surface area contributed by atoms with Crippen molar-refractivity contribution in [3.05, 3.63) is 23.8 Å². The zero-order chi connectivity index (χ0) is 14.7. The Labute approximate surface area is 118 Å². The fraction of sp³-hybridized carbons (Fsp3) is 0.429. The van der Waals surface area contributed by atoms with Crippen LogP contribution in [0.25, 0.3) is 0 Å². The maximum atomic E-state index is 11.9. The molecule has 2 rings (SSSR count). The summed E-state index contributed by atoms with van der Waals surface area (Å²) in [4.78, 5) is 27.2. The van der Waals surface area contributed by atoms with E-state index in [9.17, 15) is 9.59 Å². The minimum atomic E-state index is -0.131. The number of nitrogens with zero attached hydrogens (tertiary/aromatic N) is 2. The van der Waals surface area contributed by atoms with E-state index in [1.165, 1.54) is 0 Å². The molecule has 1 heterocycles. The number of rotatable bonds is 2. The third kappa shape index (κ3) is 2.84. The number of anilines is 2. The van der Waals surface area contributed by atoms with Crippen LogP contribution in [0.4, 0.5) is 11.4 Å². The molecule has 20 heavy (non-hydrogen) atoms. The van der Waals surface area contributed by atoms with Gasteiger partial charge in [0.2, 0.25) is 5.91 Å². The largest absolute Gasteiger partial charge is 0.399 e. The van der Waals surface area contributed by atoms with Crippen LogP contribution in [0.1, 0.15) is 17.3 Å². The standard InChI is InChI=1S/C14H20N4O2/c1-10(19)17-5-7-18(8-6-17)13-9-11(15)3-4-12(13)14(20)16-2/h3-4,9H,5-8,15H2,1-2H3,(H,16,20). The summed E-state index contributed by atoms with van der Waals surface area (Å²) in [5.74, 6) is -0.0438. The van der Waals surface area contributed by atoms with Gasteiger partial charge in [-0.3, -0.25) is 9.59 Å². The molecule has 0 bridgehead atoms. The highest BCUT2D eigenvalue weighted by Gasteiger charge is 2.22. The third-order valence-corrected chi connectivity index (χ3v) is 3.56. The summed E-state index contributed by atoms with van der Waals surface area (Å²) in [6, 6.07) is 5.27. The van der Waals surface area contributed by atoms with Gasteiger partial charge in [0, 0.05) is 45.8 Å². The fourth-order valence-corrected chi connectivity index (χ4v) is 2.40. The number of nitrogens with two attached hydrogens (primary N) is 1. The molecule has 0 atom stereocenters. The second-order valence-corrected chi connectivity index (χ2v) is 4.85. The van der Waals surface area contributed by atoms with Gasteiger partial charge >= 0.3 is 0 Å². The van der Waals surface area contributed by atoms with Crippen molar-refractivity contribution >= 4 is 23.2 Å². The summed E-state index contributed by atoms with van der Waals surface area (Å²) >= 11 is 0. The van der Waals surface area contributed by atoms with Crippen LogP contribution >= 0.6 is 0 Å². The van der Waals surface area contributed by atoms with E-state index in [0.29, 0.717) is 37.4 Å². The first kappa shape index (κ1) is 14.2. The molecular weight excluding hydrogens is 256 g/mol. The molecule has 1 aromatic carbocycles. The molecule has 0 unspecified atom stereocenters. The third-order valence-electron chi connectivity index (χ3n) is 3.56. The first-order valence-corrected chi connectivity index (χ1v) is 6.65. The van der Waals surface area contributed by atoms with Gasteiger partial charge in [-0.25, -0.2) is 0 Å². The average Bonchev–Trinajstić information content (AvgIpc) is 2.46. The van der Waals surface area contributed by atoms with Gasteiger partial charge in [-0.2, -0.15) is 0 Å². The Morgan fingerprint density at radius 1 is 1.20 bits per heavy atom. The summed E-state index contributed by atoms with van der Waals surface area (Å²) in [5.41, 5.74) is 7.89. The van der Waals surface area contributed by atoms with Crippen molar-refractivity contribution in [2.24, 2.45) is 0 Å². The van der Waals surface area contributed by atoms with Gasteiger partial charge < -0.3 is 20.9 Å². The Balaban J connectivity index is 2.22. The highest BCUT2D eigenvalue weighted by atomic mass is 16.2. The van der Waals surface area contributed by atoms with E-state index in [0.717, 1.165) is 5.69 Å². The molecule has 1 fully saturated rings. The van der Waals surface area contributed by atoms with E-state index in [2.05, 4.69) is 10.2 Å². The molecule has 6 heteroatoms. The van der Waals surface area contributed by atoms with Crippen molar-refractivity contribution in [1.29, 1.82) is 0 Å². The SMILES string of the molecule is CNC(=O)c1ccc(N)cc1N1CCN(C(C)=O)CC1. The predicted molar refractivity (Wildman–Crippen MR) is 78.7 cm³/mol. The topological polar surface area (TPSA) is 78.7 Å². The van der Waals surface area contributed by atoms with Gasteiger partial charge in [-0.1, -0.05) is 0 Å². The van der Waals surface area contributed by atoms with Crippen LogP contribution < -0.4 is 16.0 Å². The Morgan fingerprint density at radius 3 is 2.40 bits per heavy atom. The van der Waals surface area contributed by atoms with Crippen molar-refractivity contribution in [1.82, 2.24) is 10.2 Å². The van der Waals surface area contributed by atoms with Gasteiger partial charge in [0.15, 0.2) is 0 Å². The number of carbonyl (C=O) groups is 2. The van der Waals surface area contributed by atoms with Crippen LogP contribution in [0, 0.1) is 0 Å². The second-order valence-electron chi connectivity index (χ2n) is 4.85. The number of carbonyl (C=O) groups excluding carboxylic acids is 2. The Kier molecular flexibility index (Phi) is 4.12. The number of hydrogen-bond donors (Lipinski definition) is 2. The summed E-state index contributed by atoms with van der Waals surface area (Å²) in [6.45, 7) is 4.31. The van der Waals surface area contributed by atoms with Gasteiger partial charge in [0.25, 0.3) is 5.91 Å². The highest BCUT2D eigenvalue weighted by molar-refractivity contribution is 6.00. The van der Waals surface area contributed by atoms with Crippen LogP contribution in [0.2, 0.25) is 0 Å². The molecule has 0 radical (unpaired) electrons. The minimum Gasteiger partial charge on any atom is -0.399 e. The second kappa shape index (κ2) is 5.81. The van der Waals surface area contributed by atoms with E-state index in [1.807, 2.05) is 11.0 Å². The number of benzene rings is 1. The van der Waals surface area contributed by atoms with Gasteiger partial charge in [-0.15, -0.1) is 0 Å². The maximum Gasteiger partial charge on any atom is 0.253 e. The van der Waals surface area contributed by atoms with Crippen molar-refractivity contribution < 1.29 is 9.59 Å². The lowest BCUT2D eigenvalue weighted by Gasteiger charge is -2.36. The number of hydrogen-bond acceptors (Lipinski definition) is 4.